The summed E-state index contributed by atoms with van der Waals surface area (Å²) in [6.07, 6.45) is -18.3. The van der Waals surface area contributed by atoms with Crippen LogP contribution < -0.4 is 22.9 Å². The van der Waals surface area contributed by atoms with Crippen LogP contribution >= 0.6 is 0 Å². The van der Waals surface area contributed by atoms with Gasteiger partial charge in [-0.1, -0.05) is 0 Å². The summed E-state index contributed by atoms with van der Waals surface area (Å²) in [4.78, 5) is 36.0. The van der Waals surface area contributed by atoms with Gasteiger partial charge in [0.25, 0.3) is 23.9 Å². The van der Waals surface area contributed by atoms with Gasteiger partial charge in [-0.2, -0.15) is 0 Å². The molecule has 0 bridgehead atoms. The highest BCUT2D eigenvalue weighted by atomic mass is 16.7. The first-order chi connectivity index (χ1) is 22.4. The van der Waals surface area contributed by atoms with Gasteiger partial charge in [-0.25, -0.2) is 0 Å². The smallest absolute Gasteiger partial charge is 0.300 e. The summed E-state index contributed by atoms with van der Waals surface area (Å²) in [6.45, 7) is 3.99. The third kappa shape index (κ3) is 17.7. The number of aliphatic hydroxyl groups excluding tert-OH is 7. The van der Waals surface area contributed by atoms with E-state index in [0.717, 1.165) is 27.7 Å². The van der Waals surface area contributed by atoms with Gasteiger partial charge in [-0.15, -0.1) is 0 Å². The zero-order valence-electron chi connectivity index (χ0n) is 27.3. The summed E-state index contributed by atoms with van der Waals surface area (Å²) in [5, 5.41) is 101. The summed E-state index contributed by atoms with van der Waals surface area (Å²) in [6, 6.07) is -1.68. The average Bonchev–Trinajstić information content (AvgIpc) is 2.96. The van der Waals surface area contributed by atoms with Crippen molar-refractivity contribution in [3.05, 3.63) is 0 Å². The van der Waals surface area contributed by atoms with Crippen molar-refractivity contribution in [2.45, 2.75) is 126 Å². The second-order valence-electron chi connectivity index (χ2n) is 10.8. The van der Waals surface area contributed by atoms with Gasteiger partial charge in [-0.3, -0.25) is 19.2 Å². The van der Waals surface area contributed by atoms with Crippen molar-refractivity contribution in [2.75, 3.05) is 13.1 Å². The number of hydrogen-bond donors (Lipinski definition) is 15. The van der Waals surface area contributed by atoms with Crippen LogP contribution in [0.25, 0.3) is 0 Å². The number of ether oxygens (including phenoxy) is 4. The molecule has 23 nitrogen and oxygen atoms in total. The van der Waals surface area contributed by atoms with Crippen molar-refractivity contribution < 1.29 is 94.3 Å². The lowest BCUT2D eigenvalue weighted by Gasteiger charge is -2.48. The Kier molecular flexibility index (Phi) is 23.3. The monoisotopic (exact) mass is 724 g/mol. The molecule has 1 aliphatic carbocycles. The van der Waals surface area contributed by atoms with Crippen molar-refractivity contribution in [1.29, 1.82) is 0 Å². The van der Waals surface area contributed by atoms with E-state index in [9.17, 15) is 35.7 Å². The number of aliphatic carboxylic acids is 4. The van der Waals surface area contributed by atoms with Crippen LogP contribution in [-0.4, -0.2) is 185 Å². The molecule has 0 aromatic heterocycles. The van der Waals surface area contributed by atoms with Crippen molar-refractivity contribution >= 4 is 23.9 Å². The van der Waals surface area contributed by atoms with Gasteiger partial charge in [0.05, 0.1) is 0 Å². The zero-order valence-corrected chi connectivity index (χ0v) is 27.3. The third-order valence-electron chi connectivity index (χ3n) is 6.45. The van der Waals surface area contributed by atoms with E-state index in [-0.39, 0.29) is 19.5 Å². The van der Waals surface area contributed by atoms with E-state index in [2.05, 4.69) is 0 Å². The molecule has 15 atom stereocenters. The van der Waals surface area contributed by atoms with Crippen LogP contribution in [0.2, 0.25) is 0 Å². The minimum absolute atomic E-state index is 0.0784. The fourth-order valence-electron chi connectivity index (χ4n) is 4.40. The van der Waals surface area contributed by atoms with E-state index in [4.69, 9.17) is 81.5 Å². The lowest BCUT2D eigenvalue weighted by atomic mass is 9.84. The molecule has 3 aliphatic rings. The third-order valence-corrected chi connectivity index (χ3v) is 6.45. The van der Waals surface area contributed by atoms with Gasteiger partial charge in [0, 0.05) is 52.9 Å². The molecular weight excluding hydrogens is 672 g/mol. The van der Waals surface area contributed by atoms with Crippen LogP contribution in [0.4, 0.5) is 0 Å². The van der Waals surface area contributed by atoms with Crippen molar-refractivity contribution in [3.63, 3.8) is 0 Å². The second kappa shape index (κ2) is 23.6. The van der Waals surface area contributed by atoms with Crippen LogP contribution in [-0.2, 0) is 38.1 Å². The standard InChI is InChI=1S/C18H36N4O11.4C2H4O2/c19-2-6-8(23)10(25)12(27)17(30-6)32-15-4(21)1-5(22)16(14(15)29)33-18-13(28)11(26)9(24)7(3-20)31-18;4*1-2(3)4/h4-18,23-29H,1-3,19-22H2;4*1H3,(H,3,4)/t4-,5+,6-,7-,8-,9-,10+,11+,12-,13-,14?,15+,16-,17+,18-;;;;/m1..../s1. The summed E-state index contributed by atoms with van der Waals surface area (Å²) in [5.41, 5.74) is 23.2. The number of carboxylic acid groups (broad SMARTS) is 4. The van der Waals surface area contributed by atoms with Gasteiger partial charge in [0.15, 0.2) is 12.6 Å². The van der Waals surface area contributed by atoms with Gasteiger partial charge in [0.1, 0.15) is 67.1 Å². The van der Waals surface area contributed by atoms with E-state index in [0.29, 0.717) is 0 Å². The largest absolute Gasteiger partial charge is 0.481 e. The quantitative estimate of drug-likeness (QED) is 0.121. The van der Waals surface area contributed by atoms with Crippen LogP contribution in [0, 0.1) is 0 Å². The average molecular weight is 725 g/mol. The molecule has 23 heteroatoms. The Morgan fingerprint density at radius 1 is 0.531 bits per heavy atom. The molecule has 0 spiro atoms. The normalized spacial score (nSPS) is 38.2. The Morgan fingerprint density at radius 2 is 0.776 bits per heavy atom. The van der Waals surface area contributed by atoms with Gasteiger partial charge in [-0.05, 0) is 6.42 Å². The molecule has 0 aromatic rings. The van der Waals surface area contributed by atoms with E-state index < -0.39 is 116 Å². The molecule has 2 saturated heterocycles. The summed E-state index contributed by atoms with van der Waals surface area (Å²) in [7, 11) is 0. The summed E-state index contributed by atoms with van der Waals surface area (Å²) >= 11 is 0. The number of nitrogens with two attached hydrogens (primary N) is 4. The number of rotatable bonds is 6. The van der Waals surface area contributed by atoms with Crippen LogP contribution in [0.5, 0.6) is 0 Å². The Labute approximate surface area is 280 Å². The van der Waals surface area contributed by atoms with Crippen LogP contribution in [0.3, 0.4) is 0 Å². The molecule has 0 aromatic carbocycles. The van der Waals surface area contributed by atoms with Crippen molar-refractivity contribution in [3.8, 4) is 0 Å². The van der Waals surface area contributed by atoms with E-state index in [1.165, 1.54) is 0 Å². The van der Waals surface area contributed by atoms with Crippen molar-refractivity contribution in [2.24, 2.45) is 22.9 Å². The lowest BCUT2D eigenvalue weighted by Crippen LogP contribution is -2.68. The van der Waals surface area contributed by atoms with E-state index in [1.807, 2.05) is 0 Å². The maximum atomic E-state index is 10.9. The Balaban J connectivity index is 0. The highest BCUT2D eigenvalue weighted by Gasteiger charge is 2.51. The molecule has 3 rings (SSSR count). The Hall–Kier alpha value is -2.72. The molecule has 0 radical (unpaired) electrons. The number of hydrogen-bond acceptors (Lipinski definition) is 19. The first kappa shape index (κ1) is 48.4. The molecule has 3 fully saturated rings. The molecule has 2 aliphatic heterocycles. The number of carboxylic acids is 4. The zero-order chi connectivity index (χ0) is 38.9. The number of carbonyl (C=O) groups is 4. The van der Waals surface area contributed by atoms with Crippen LogP contribution in [0.15, 0.2) is 0 Å². The first-order valence-electron chi connectivity index (χ1n) is 14.5. The maximum Gasteiger partial charge on any atom is 0.300 e. The fourth-order valence-corrected chi connectivity index (χ4v) is 4.40. The fraction of sp³-hybridized carbons (Fsp3) is 0.846. The maximum absolute atomic E-state index is 10.9. The lowest BCUT2D eigenvalue weighted by molar-refractivity contribution is -0.336. The summed E-state index contributed by atoms with van der Waals surface area (Å²) < 4.78 is 22.2. The van der Waals surface area contributed by atoms with Gasteiger partial charge >= 0.3 is 0 Å². The molecule has 290 valence electrons. The second-order valence-corrected chi connectivity index (χ2v) is 10.8. The van der Waals surface area contributed by atoms with Gasteiger partial charge in [0.2, 0.25) is 0 Å². The van der Waals surface area contributed by atoms with Gasteiger partial charge < -0.3 is 98.1 Å². The molecule has 19 N–H and O–H groups in total. The minimum atomic E-state index is -1.66. The van der Waals surface area contributed by atoms with Crippen molar-refractivity contribution in [1.82, 2.24) is 0 Å². The molecule has 2 heterocycles. The predicted molar refractivity (Wildman–Crippen MR) is 161 cm³/mol. The summed E-state index contributed by atoms with van der Waals surface area (Å²) in [5.74, 6) is -3.33. The molecule has 0 amide bonds. The SMILES string of the molecule is CC(=O)O.CC(=O)O.CC(=O)O.CC(=O)O.NC[C@H]1O[C@@H](O[C@@H]2C(O)[C@H](O[C@H]3O[C@H](CN)[C@@H](O)[C@H](O)[C@H]3O)[C@@H](N)C[C@H]2N)[C@H](O)[C@@H](O)[C@@H]1O. The van der Waals surface area contributed by atoms with E-state index in [1.54, 1.807) is 0 Å². The molecule has 49 heavy (non-hydrogen) atoms. The molecular formula is C26H52N4O19. The topological polar surface area (TPSA) is 432 Å². The highest BCUT2D eigenvalue weighted by Crippen LogP contribution is 2.31. The molecule has 1 saturated carbocycles. The molecule has 1 unspecified atom stereocenters. The number of aliphatic hydroxyl groups is 7. The first-order valence-corrected chi connectivity index (χ1v) is 14.5. The predicted octanol–water partition coefficient (Wildman–Crippen LogP) is -6.93. The minimum Gasteiger partial charge on any atom is -0.481 e. The highest BCUT2D eigenvalue weighted by molar-refractivity contribution is 5.63. The Bertz CT molecular complexity index is 880. The van der Waals surface area contributed by atoms with Crippen LogP contribution in [0.1, 0.15) is 34.1 Å². The Morgan fingerprint density at radius 3 is 1.00 bits per heavy atom. The van der Waals surface area contributed by atoms with E-state index >= 15 is 0 Å².